The molecule has 0 bridgehead atoms. The summed E-state index contributed by atoms with van der Waals surface area (Å²) >= 11 is 0. The summed E-state index contributed by atoms with van der Waals surface area (Å²) in [7, 11) is 0. The normalized spacial score (nSPS) is 25.6. The van der Waals surface area contributed by atoms with E-state index >= 15 is 0 Å². The SMILES string of the molecule is CC1CCC(c2noc(CC(O)CC#N)n2)CC1. The molecule has 98 valence electrons. The van der Waals surface area contributed by atoms with Crippen LogP contribution in [0.15, 0.2) is 4.52 Å². The molecule has 1 aromatic rings. The lowest BCUT2D eigenvalue weighted by Gasteiger charge is -2.23. The summed E-state index contributed by atoms with van der Waals surface area (Å²) in [6.45, 7) is 2.27. The minimum atomic E-state index is -0.713. The van der Waals surface area contributed by atoms with Crippen LogP contribution >= 0.6 is 0 Å². The molecule has 5 heteroatoms. The van der Waals surface area contributed by atoms with Crippen LogP contribution in [0.5, 0.6) is 0 Å². The van der Waals surface area contributed by atoms with Crippen molar-refractivity contribution >= 4 is 0 Å². The molecule has 1 saturated carbocycles. The van der Waals surface area contributed by atoms with Crippen LogP contribution in [-0.2, 0) is 6.42 Å². The quantitative estimate of drug-likeness (QED) is 0.884. The van der Waals surface area contributed by atoms with Gasteiger partial charge in [0.15, 0.2) is 5.82 Å². The van der Waals surface area contributed by atoms with Gasteiger partial charge in [-0.1, -0.05) is 24.9 Å². The Morgan fingerprint density at radius 1 is 1.44 bits per heavy atom. The standard InChI is InChI=1S/C13H19N3O2/c1-9-2-4-10(5-3-9)13-15-12(18-16-13)8-11(17)6-7-14/h9-11,17H,2-6,8H2,1H3. The Morgan fingerprint density at radius 3 is 2.83 bits per heavy atom. The lowest BCUT2D eigenvalue weighted by atomic mass is 9.83. The van der Waals surface area contributed by atoms with Crippen molar-refractivity contribution < 1.29 is 9.63 Å². The lowest BCUT2D eigenvalue weighted by molar-refractivity contribution is 0.167. The van der Waals surface area contributed by atoms with E-state index in [9.17, 15) is 5.11 Å². The van der Waals surface area contributed by atoms with Crippen molar-refractivity contribution in [2.45, 2.75) is 57.5 Å². The summed E-state index contributed by atoms with van der Waals surface area (Å²) in [4.78, 5) is 4.33. The van der Waals surface area contributed by atoms with Crippen LogP contribution in [-0.4, -0.2) is 21.4 Å². The highest BCUT2D eigenvalue weighted by molar-refractivity contribution is 4.98. The van der Waals surface area contributed by atoms with Crippen LogP contribution in [0.2, 0.25) is 0 Å². The highest BCUT2D eigenvalue weighted by Gasteiger charge is 2.24. The summed E-state index contributed by atoms with van der Waals surface area (Å²) in [6.07, 6.45) is 4.30. The Hall–Kier alpha value is -1.41. The van der Waals surface area contributed by atoms with Gasteiger partial charge in [0.05, 0.1) is 25.0 Å². The fourth-order valence-electron chi connectivity index (χ4n) is 2.41. The van der Waals surface area contributed by atoms with E-state index in [1.54, 1.807) is 0 Å². The van der Waals surface area contributed by atoms with Crippen LogP contribution < -0.4 is 0 Å². The molecule has 0 aliphatic heterocycles. The first-order valence-electron chi connectivity index (χ1n) is 6.56. The maximum absolute atomic E-state index is 9.51. The van der Waals surface area contributed by atoms with Crippen LogP contribution in [0, 0.1) is 17.2 Å². The van der Waals surface area contributed by atoms with Crippen molar-refractivity contribution in [2.75, 3.05) is 0 Å². The molecule has 0 amide bonds. The molecule has 1 fully saturated rings. The van der Waals surface area contributed by atoms with Crippen LogP contribution in [0.4, 0.5) is 0 Å². The van der Waals surface area contributed by atoms with Crippen molar-refractivity contribution in [2.24, 2.45) is 5.92 Å². The van der Waals surface area contributed by atoms with E-state index in [2.05, 4.69) is 17.1 Å². The van der Waals surface area contributed by atoms with Crippen LogP contribution in [0.25, 0.3) is 0 Å². The second-order valence-corrected chi connectivity index (χ2v) is 5.22. The Balaban J connectivity index is 1.92. The van der Waals surface area contributed by atoms with Crippen molar-refractivity contribution in [1.29, 1.82) is 5.26 Å². The van der Waals surface area contributed by atoms with Crippen molar-refractivity contribution in [3.8, 4) is 6.07 Å². The number of nitrogens with zero attached hydrogens (tertiary/aromatic N) is 3. The summed E-state index contributed by atoms with van der Waals surface area (Å²) in [5.41, 5.74) is 0. The third kappa shape index (κ3) is 3.30. The van der Waals surface area contributed by atoms with E-state index in [1.807, 2.05) is 6.07 Å². The molecule has 1 unspecified atom stereocenters. The van der Waals surface area contributed by atoms with Gasteiger partial charge < -0.3 is 9.63 Å². The molecule has 1 heterocycles. The van der Waals surface area contributed by atoms with Crippen molar-refractivity contribution in [1.82, 2.24) is 10.1 Å². The molecule has 18 heavy (non-hydrogen) atoms. The Bertz CT molecular complexity index is 416. The summed E-state index contributed by atoms with van der Waals surface area (Å²) < 4.78 is 5.13. The molecular formula is C13H19N3O2. The maximum atomic E-state index is 9.51. The molecule has 1 aromatic heterocycles. The van der Waals surface area contributed by atoms with E-state index in [4.69, 9.17) is 9.78 Å². The molecule has 1 atom stereocenters. The van der Waals surface area contributed by atoms with Gasteiger partial charge in [0.25, 0.3) is 0 Å². The minimum Gasteiger partial charge on any atom is -0.392 e. The van der Waals surface area contributed by atoms with E-state index in [-0.39, 0.29) is 12.8 Å². The van der Waals surface area contributed by atoms with Gasteiger partial charge in [-0.2, -0.15) is 10.2 Å². The summed E-state index contributed by atoms with van der Waals surface area (Å²) in [6, 6.07) is 1.92. The average molecular weight is 249 g/mol. The highest BCUT2D eigenvalue weighted by atomic mass is 16.5. The monoisotopic (exact) mass is 249 g/mol. The van der Waals surface area contributed by atoms with Gasteiger partial charge in [0, 0.05) is 5.92 Å². The van der Waals surface area contributed by atoms with E-state index < -0.39 is 6.10 Å². The number of hydrogen-bond donors (Lipinski definition) is 1. The molecule has 2 rings (SSSR count). The van der Waals surface area contributed by atoms with E-state index in [0.29, 0.717) is 11.8 Å². The first-order valence-corrected chi connectivity index (χ1v) is 6.56. The maximum Gasteiger partial charge on any atom is 0.229 e. The predicted octanol–water partition coefficient (Wildman–Crippen LogP) is 2.18. The topological polar surface area (TPSA) is 82.9 Å². The zero-order chi connectivity index (χ0) is 13.0. The van der Waals surface area contributed by atoms with E-state index in [0.717, 1.165) is 24.6 Å². The van der Waals surface area contributed by atoms with Gasteiger partial charge in [-0.05, 0) is 18.8 Å². The van der Waals surface area contributed by atoms with Gasteiger partial charge in [-0.15, -0.1) is 0 Å². The van der Waals surface area contributed by atoms with Gasteiger partial charge in [0.2, 0.25) is 5.89 Å². The zero-order valence-corrected chi connectivity index (χ0v) is 10.7. The molecule has 5 nitrogen and oxygen atoms in total. The van der Waals surface area contributed by atoms with Gasteiger partial charge in [-0.25, -0.2) is 0 Å². The number of nitriles is 1. The van der Waals surface area contributed by atoms with Crippen molar-refractivity contribution in [3.05, 3.63) is 11.7 Å². The summed E-state index contributed by atoms with van der Waals surface area (Å²) in [5.74, 6) is 2.39. The molecular weight excluding hydrogens is 230 g/mol. The highest BCUT2D eigenvalue weighted by Crippen LogP contribution is 2.34. The molecule has 1 N–H and O–H groups in total. The Morgan fingerprint density at radius 2 is 2.17 bits per heavy atom. The fraction of sp³-hybridized carbons (Fsp3) is 0.769. The third-order valence-electron chi connectivity index (χ3n) is 3.60. The van der Waals surface area contributed by atoms with Gasteiger partial charge in [0.1, 0.15) is 0 Å². The first kappa shape index (κ1) is 13.0. The van der Waals surface area contributed by atoms with Gasteiger partial charge in [-0.3, -0.25) is 0 Å². The predicted molar refractivity (Wildman–Crippen MR) is 64.6 cm³/mol. The number of hydrogen-bond acceptors (Lipinski definition) is 5. The minimum absolute atomic E-state index is 0.0959. The largest absolute Gasteiger partial charge is 0.392 e. The van der Waals surface area contributed by atoms with E-state index in [1.165, 1.54) is 12.8 Å². The first-order chi connectivity index (χ1) is 8.69. The fourth-order valence-corrected chi connectivity index (χ4v) is 2.41. The second-order valence-electron chi connectivity index (χ2n) is 5.22. The number of aliphatic hydroxyl groups is 1. The second kappa shape index (κ2) is 5.96. The van der Waals surface area contributed by atoms with Gasteiger partial charge >= 0.3 is 0 Å². The zero-order valence-electron chi connectivity index (χ0n) is 10.7. The Labute approximate surface area is 107 Å². The molecule has 0 spiro atoms. The Kier molecular flexibility index (Phi) is 4.32. The molecule has 0 aromatic carbocycles. The smallest absolute Gasteiger partial charge is 0.229 e. The van der Waals surface area contributed by atoms with Crippen LogP contribution in [0.1, 0.15) is 56.7 Å². The third-order valence-corrected chi connectivity index (χ3v) is 3.60. The molecule has 0 saturated heterocycles. The molecule has 1 aliphatic carbocycles. The lowest BCUT2D eigenvalue weighted by Crippen LogP contribution is -2.12. The number of rotatable bonds is 4. The number of aromatic nitrogens is 2. The average Bonchev–Trinajstić information content (AvgIpc) is 2.78. The molecule has 1 aliphatic rings. The van der Waals surface area contributed by atoms with Crippen molar-refractivity contribution in [3.63, 3.8) is 0 Å². The van der Waals surface area contributed by atoms with Crippen LogP contribution in [0.3, 0.4) is 0 Å². The molecule has 0 radical (unpaired) electrons. The summed E-state index contributed by atoms with van der Waals surface area (Å²) in [5, 5.41) is 22.0. The number of aliphatic hydroxyl groups excluding tert-OH is 1.